The van der Waals surface area contributed by atoms with Gasteiger partial charge < -0.3 is 4.90 Å². The zero-order valence-corrected chi connectivity index (χ0v) is 16.2. The maximum Gasteiger partial charge on any atom is 0.268 e. The first-order valence-corrected chi connectivity index (χ1v) is 9.47. The van der Waals surface area contributed by atoms with Crippen LogP contribution in [-0.2, 0) is 13.6 Å². The maximum atomic E-state index is 11.8. The molecule has 2 aromatic heterocycles. The molecule has 28 heavy (non-hydrogen) atoms. The molecular formula is C21H24N6O. The molecule has 0 spiro atoms. The molecule has 0 bridgehead atoms. The zero-order chi connectivity index (χ0) is 19.5. The van der Waals surface area contributed by atoms with Crippen LogP contribution < -0.4 is 10.5 Å². The summed E-state index contributed by atoms with van der Waals surface area (Å²) in [7, 11) is 1.66. The molecule has 7 nitrogen and oxygen atoms in total. The smallest absolute Gasteiger partial charge is 0.268 e. The van der Waals surface area contributed by atoms with E-state index < -0.39 is 0 Å². The van der Waals surface area contributed by atoms with Crippen LogP contribution in [0.15, 0.2) is 53.7 Å². The number of aryl methyl sites for hydroxylation is 2. The summed E-state index contributed by atoms with van der Waals surface area (Å²) in [5.74, 6) is 0.760. The second kappa shape index (κ2) is 7.90. The third-order valence-corrected chi connectivity index (χ3v) is 5.08. The first-order chi connectivity index (χ1) is 13.6. The number of nitrogens with zero attached hydrogens (tertiary/aromatic N) is 6. The summed E-state index contributed by atoms with van der Waals surface area (Å²) >= 11 is 0. The van der Waals surface area contributed by atoms with E-state index >= 15 is 0 Å². The van der Waals surface area contributed by atoms with Gasteiger partial charge >= 0.3 is 0 Å². The first kappa shape index (κ1) is 18.3. The van der Waals surface area contributed by atoms with Crippen molar-refractivity contribution in [1.82, 2.24) is 24.6 Å². The van der Waals surface area contributed by atoms with Gasteiger partial charge in [-0.05, 0) is 13.0 Å². The Morgan fingerprint density at radius 2 is 1.75 bits per heavy atom. The van der Waals surface area contributed by atoms with Gasteiger partial charge in [-0.2, -0.15) is 5.10 Å². The number of hydrogen-bond acceptors (Lipinski definition) is 6. The number of hydrogen-bond donors (Lipinski definition) is 0. The molecule has 0 N–H and O–H groups in total. The molecule has 0 unspecified atom stereocenters. The van der Waals surface area contributed by atoms with Crippen molar-refractivity contribution in [3.8, 4) is 11.4 Å². The largest absolute Gasteiger partial charge is 0.368 e. The highest BCUT2D eigenvalue weighted by molar-refractivity contribution is 5.55. The summed E-state index contributed by atoms with van der Waals surface area (Å²) in [4.78, 5) is 25.5. The molecule has 0 atom stereocenters. The third kappa shape index (κ3) is 4.09. The van der Waals surface area contributed by atoms with Gasteiger partial charge in [0, 0.05) is 69.4 Å². The Morgan fingerprint density at radius 3 is 2.43 bits per heavy atom. The fourth-order valence-electron chi connectivity index (χ4n) is 3.42. The molecule has 0 radical (unpaired) electrons. The van der Waals surface area contributed by atoms with Crippen molar-refractivity contribution in [2.24, 2.45) is 7.05 Å². The van der Waals surface area contributed by atoms with Crippen molar-refractivity contribution in [3.63, 3.8) is 0 Å². The van der Waals surface area contributed by atoms with Crippen LogP contribution >= 0.6 is 0 Å². The monoisotopic (exact) mass is 376 g/mol. The Kier molecular flexibility index (Phi) is 5.16. The Balaban J connectivity index is 1.35. The Bertz CT molecular complexity index is 1010. The molecule has 7 heteroatoms. The van der Waals surface area contributed by atoms with Crippen molar-refractivity contribution in [2.45, 2.75) is 13.5 Å². The summed E-state index contributed by atoms with van der Waals surface area (Å²) in [6.45, 7) is 6.50. The number of piperazine rings is 1. The van der Waals surface area contributed by atoms with Crippen LogP contribution in [0.5, 0.6) is 0 Å². The minimum absolute atomic E-state index is 0.0780. The van der Waals surface area contributed by atoms with Gasteiger partial charge in [0.05, 0.1) is 11.9 Å². The normalized spacial score (nSPS) is 15.0. The van der Waals surface area contributed by atoms with E-state index in [1.165, 1.54) is 10.2 Å². The van der Waals surface area contributed by atoms with Crippen molar-refractivity contribution in [3.05, 3.63) is 70.4 Å². The summed E-state index contributed by atoms with van der Waals surface area (Å²) in [6, 6.07) is 9.88. The average molecular weight is 376 g/mol. The second-order valence-corrected chi connectivity index (χ2v) is 7.22. The average Bonchev–Trinajstić information content (AvgIpc) is 2.71. The van der Waals surface area contributed by atoms with Gasteiger partial charge in [0.25, 0.3) is 5.56 Å². The highest BCUT2D eigenvalue weighted by atomic mass is 16.1. The van der Waals surface area contributed by atoms with Crippen LogP contribution in [0.4, 0.5) is 5.69 Å². The molecule has 1 aliphatic rings. The van der Waals surface area contributed by atoms with Gasteiger partial charge in [0.2, 0.25) is 0 Å². The van der Waals surface area contributed by atoms with E-state index in [2.05, 4.69) is 43.9 Å². The summed E-state index contributed by atoms with van der Waals surface area (Å²) < 4.78 is 1.35. The summed E-state index contributed by atoms with van der Waals surface area (Å²) in [5.41, 5.74) is 4.18. The maximum absolute atomic E-state index is 11.8. The van der Waals surface area contributed by atoms with Crippen LogP contribution in [0.2, 0.25) is 0 Å². The van der Waals surface area contributed by atoms with E-state index in [0.29, 0.717) is 0 Å². The lowest BCUT2D eigenvalue weighted by molar-refractivity contribution is 0.249. The molecule has 0 aliphatic carbocycles. The number of aromatic nitrogens is 4. The standard InChI is InChI=1S/C21H24N6O/c1-16-4-3-5-18(10-16)21-22-12-17(13-23-21)15-26-6-8-27(9-7-26)19-11-20(28)25(2)24-14-19/h3-5,10-14H,6-9,15H2,1-2H3. The number of benzene rings is 1. The van der Waals surface area contributed by atoms with Crippen LogP contribution in [-0.4, -0.2) is 50.8 Å². The molecule has 1 aromatic carbocycles. The highest BCUT2D eigenvalue weighted by Crippen LogP contribution is 2.17. The van der Waals surface area contributed by atoms with E-state index in [-0.39, 0.29) is 5.56 Å². The predicted molar refractivity (Wildman–Crippen MR) is 109 cm³/mol. The quantitative estimate of drug-likeness (QED) is 0.693. The SMILES string of the molecule is Cc1cccc(-c2ncc(CN3CCN(c4cnn(C)c(=O)c4)CC3)cn2)c1. The van der Waals surface area contributed by atoms with E-state index in [4.69, 9.17) is 0 Å². The van der Waals surface area contributed by atoms with Crippen LogP contribution in [0.1, 0.15) is 11.1 Å². The lowest BCUT2D eigenvalue weighted by Crippen LogP contribution is -2.46. The van der Waals surface area contributed by atoms with Gasteiger partial charge in [-0.3, -0.25) is 9.69 Å². The predicted octanol–water partition coefficient (Wildman–Crippen LogP) is 1.87. The first-order valence-electron chi connectivity index (χ1n) is 9.47. The molecule has 3 aromatic rings. The minimum Gasteiger partial charge on any atom is -0.368 e. The van der Waals surface area contributed by atoms with E-state index in [0.717, 1.165) is 55.4 Å². The van der Waals surface area contributed by atoms with Crippen molar-refractivity contribution in [2.75, 3.05) is 31.1 Å². The van der Waals surface area contributed by atoms with E-state index in [1.807, 2.05) is 24.5 Å². The lowest BCUT2D eigenvalue weighted by Gasteiger charge is -2.35. The summed E-state index contributed by atoms with van der Waals surface area (Å²) in [5, 5.41) is 4.11. The van der Waals surface area contributed by atoms with Gasteiger partial charge in [-0.15, -0.1) is 0 Å². The molecule has 144 valence electrons. The van der Waals surface area contributed by atoms with Crippen molar-refractivity contribution in [1.29, 1.82) is 0 Å². The van der Waals surface area contributed by atoms with Gasteiger partial charge in [0.15, 0.2) is 5.82 Å². The topological polar surface area (TPSA) is 67.2 Å². The van der Waals surface area contributed by atoms with Crippen molar-refractivity contribution >= 4 is 5.69 Å². The van der Waals surface area contributed by atoms with Gasteiger partial charge in [-0.25, -0.2) is 14.6 Å². The number of rotatable bonds is 4. The highest BCUT2D eigenvalue weighted by Gasteiger charge is 2.18. The van der Waals surface area contributed by atoms with Gasteiger partial charge in [0.1, 0.15) is 0 Å². The van der Waals surface area contributed by atoms with Crippen LogP contribution in [0.3, 0.4) is 0 Å². The van der Waals surface area contributed by atoms with Gasteiger partial charge in [-0.1, -0.05) is 23.8 Å². The molecule has 0 amide bonds. The summed E-state index contributed by atoms with van der Waals surface area (Å²) in [6.07, 6.45) is 5.60. The molecule has 1 fully saturated rings. The molecule has 4 rings (SSSR count). The number of anilines is 1. The lowest BCUT2D eigenvalue weighted by atomic mass is 10.1. The minimum atomic E-state index is -0.0780. The second-order valence-electron chi connectivity index (χ2n) is 7.22. The Morgan fingerprint density at radius 1 is 1.00 bits per heavy atom. The fraction of sp³-hybridized carbons (Fsp3) is 0.333. The molecule has 1 saturated heterocycles. The van der Waals surface area contributed by atoms with Crippen LogP contribution in [0, 0.1) is 6.92 Å². The fourth-order valence-corrected chi connectivity index (χ4v) is 3.42. The Labute approximate surface area is 164 Å². The molecule has 3 heterocycles. The van der Waals surface area contributed by atoms with Crippen molar-refractivity contribution < 1.29 is 0 Å². The third-order valence-electron chi connectivity index (χ3n) is 5.08. The van der Waals surface area contributed by atoms with Crippen LogP contribution in [0.25, 0.3) is 11.4 Å². The zero-order valence-electron chi connectivity index (χ0n) is 16.2. The Hall–Kier alpha value is -3.06. The molecular weight excluding hydrogens is 352 g/mol. The molecule has 1 aliphatic heterocycles. The van der Waals surface area contributed by atoms with E-state index in [1.54, 1.807) is 19.3 Å². The van der Waals surface area contributed by atoms with E-state index in [9.17, 15) is 4.79 Å². The molecule has 0 saturated carbocycles.